The van der Waals surface area contributed by atoms with Gasteiger partial charge in [0.05, 0.1) is 6.61 Å². The van der Waals surface area contributed by atoms with Crippen LogP contribution in [-0.2, 0) is 0 Å². The normalized spacial score (nSPS) is 11.7. The third-order valence-corrected chi connectivity index (χ3v) is 2.28. The Morgan fingerprint density at radius 1 is 1.12 bits per heavy atom. The number of rotatable bonds is 2. The van der Waals surface area contributed by atoms with Crippen LogP contribution in [0.25, 0.3) is 10.8 Å². The first-order valence-corrected chi connectivity index (χ1v) is 5.51. The van der Waals surface area contributed by atoms with Gasteiger partial charge in [-0.3, -0.25) is 4.98 Å². The first-order valence-electron chi connectivity index (χ1n) is 5.51. The van der Waals surface area contributed by atoms with E-state index >= 15 is 0 Å². The molecule has 1 aromatic heterocycles. The maximum Gasteiger partial charge on any atom is 0.120 e. The molecule has 1 heterocycles. The van der Waals surface area contributed by atoms with Crippen molar-refractivity contribution < 1.29 is 4.74 Å². The second-order valence-electron chi connectivity index (χ2n) is 5.23. The second-order valence-corrected chi connectivity index (χ2v) is 5.23. The van der Waals surface area contributed by atoms with Gasteiger partial charge < -0.3 is 4.74 Å². The van der Waals surface area contributed by atoms with Crippen LogP contribution >= 0.6 is 0 Å². The number of ether oxygens (including phenoxy) is 1. The average Bonchev–Trinajstić information content (AvgIpc) is 2.25. The maximum atomic E-state index is 5.75. The minimum absolute atomic E-state index is 0.184. The van der Waals surface area contributed by atoms with Gasteiger partial charge in [0.25, 0.3) is 0 Å². The van der Waals surface area contributed by atoms with Crippen molar-refractivity contribution in [3.8, 4) is 5.75 Å². The quantitative estimate of drug-likeness (QED) is 0.762. The van der Waals surface area contributed by atoms with Crippen LogP contribution in [-0.4, -0.2) is 11.6 Å². The summed E-state index contributed by atoms with van der Waals surface area (Å²) < 4.78 is 5.75. The zero-order valence-corrected chi connectivity index (χ0v) is 10.0. The van der Waals surface area contributed by atoms with Crippen molar-refractivity contribution in [3.05, 3.63) is 36.7 Å². The Hall–Kier alpha value is -1.57. The Morgan fingerprint density at radius 3 is 2.69 bits per heavy atom. The minimum Gasteiger partial charge on any atom is -0.493 e. The van der Waals surface area contributed by atoms with Gasteiger partial charge in [0, 0.05) is 17.8 Å². The molecule has 2 aromatic rings. The number of benzene rings is 1. The highest BCUT2D eigenvalue weighted by Crippen LogP contribution is 2.22. The predicted molar refractivity (Wildman–Crippen MR) is 66.7 cm³/mol. The van der Waals surface area contributed by atoms with Gasteiger partial charge in [-0.05, 0) is 29.0 Å². The molecular weight excluding hydrogens is 198 g/mol. The van der Waals surface area contributed by atoms with E-state index < -0.39 is 0 Å². The Labute approximate surface area is 96.3 Å². The van der Waals surface area contributed by atoms with Crippen LogP contribution in [0.4, 0.5) is 0 Å². The molecule has 16 heavy (non-hydrogen) atoms. The topological polar surface area (TPSA) is 22.1 Å². The molecule has 0 aliphatic rings. The second kappa shape index (κ2) is 4.12. The van der Waals surface area contributed by atoms with Gasteiger partial charge in [-0.15, -0.1) is 0 Å². The molecule has 0 saturated carbocycles. The minimum atomic E-state index is 0.184. The van der Waals surface area contributed by atoms with E-state index in [1.54, 1.807) is 6.20 Å². The molecular formula is C14H17NO. The fourth-order valence-corrected chi connectivity index (χ4v) is 1.45. The molecule has 2 heteroatoms. The molecule has 0 aliphatic carbocycles. The number of hydrogen-bond acceptors (Lipinski definition) is 2. The van der Waals surface area contributed by atoms with Gasteiger partial charge in [0.2, 0.25) is 0 Å². The van der Waals surface area contributed by atoms with E-state index in [4.69, 9.17) is 4.74 Å². The van der Waals surface area contributed by atoms with E-state index in [9.17, 15) is 0 Å². The summed E-state index contributed by atoms with van der Waals surface area (Å²) in [6, 6.07) is 8.11. The van der Waals surface area contributed by atoms with E-state index in [1.165, 1.54) is 5.39 Å². The highest BCUT2D eigenvalue weighted by Gasteiger charge is 2.10. The predicted octanol–water partition coefficient (Wildman–Crippen LogP) is 3.66. The lowest BCUT2D eigenvalue weighted by Gasteiger charge is -2.18. The first kappa shape index (κ1) is 10.9. The van der Waals surface area contributed by atoms with Gasteiger partial charge in [-0.25, -0.2) is 0 Å². The monoisotopic (exact) mass is 215 g/mol. The summed E-state index contributed by atoms with van der Waals surface area (Å²) in [6.45, 7) is 7.21. The van der Waals surface area contributed by atoms with Crippen LogP contribution in [0.5, 0.6) is 5.75 Å². The lowest BCUT2D eigenvalue weighted by Crippen LogP contribution is -2.16. The van der Waals surface area contributed by atoms with Crippen LogP contribution in [0.3, 0.4) is 0 Å². The lowest BCUT2D eigenvalue weighted by atomic mass is 9.99. The number of aromatic nitrogens is 1. The van der Waals surface area contributed by atoms with Crippen LogP contribution in [0.1, 0.15) is 20.8 Å². The average molecular weight is 215 g/mol. The van der Waals surface area contributed by atoms with E-state index in [2.05, 4.69) is 31.8 Å². The number of pyridine rings is 1. The summed E-state index contributed by atoms with van der Waals surface area (Å²) in [7, 11) is 0. The molecule has 0 spiro atoms. The van der Waals surface area contributed by atoms with Crippen LogP contribution in [0.15, 0.2) is 36.7 Å². The molecule has 0 aliphatic heterocycles. The zero-order chi connectivity index (χ0) is 11.6. The van der Waals surface area contributed by atoms with Crippen LogP contribution in [0, 0.1) is 5.41 Å². The maximum absolute atomic E-state index is 5.75. The molecule has 1 aromatic carbocycles. The number of fused-ring (bicyclic) bond motifs is 1. The molecule has 84 valence electrons. The highest BCUT2D eigenvalue weighted by atomic mass is 16.5. The molecule has 0 fully saturated rings. The Balaban J connectivity index is 2.20. The van der Waals surface area contributed by atoms with Crippen molar-refractivity contribution in [2.24, 2.45) is 5.41 Å². The summed E-state index contributed by atoms with van der Waals surface area (Å²) in [4.78, 5) is 4.11. The molecule has 0 radical (unpaired) electrons. The molecule has 0 amide bonds. The zero-order valence-electron chi connectivity index (χ0n) is 10.0. The third kappa shape index (κ3) is 2.72. The van der Waals surface area contributed by atoms with Crippen molar-refractivity contribution in [2.45, 2.75) is 20.8 Å². The molecule has 0 unspecified atom stereocenters. The number of hydrogen-bond donors (Lipinski definition) is 0. The fourth-order valence-electron chi connectivity index (χ4n) is 1.45. The van der Waals surface area contributed by atoms with Crippen molar-refractivity contribution in [2.75, 3.05) is 6.61 Å². The highest BCUT2D eigenvalue weighted by molar-refractivity contribution is 5.82. The Kier molecular flexibility index (Phi) is 2.82. The molecule has 2 rings (SSSR count). The first-order chi connectivity index (χ1) is 7.54. The molecule has 0 atom stereocenters. The van der Waals surface area contributed by atoms with Crippen molar-refractivity contribution in [1.82, 2.24) is 4.98 Å². The van der Waals surface area contributed by atoms with Crippen LogP contribution in [0.2, 0.25) is 0 Å². The van der Waals surface area contributed by atoms with E-state index in [0.29, 0.717) is 0 Å². The summed E-state index contributed by atoms with van der Waals surface area (Å²) in [6.07, 6.45) is 3.66. The van der Waals surface area contributed by atoms with E-state index in [0.717, 1.165) is 17.7 Å². The smallest absolute Gasteiger partial charge is 0.120 e. The van der Waals surface area contributed by atoms with Gasteiger partial charge >= 0.3 is 0 Å². The van der Waals surface area contributed by atoms with Crippen molar-refractivity contribution in [1.29, 1.82) is 0 Å². The summed E-state index contributed by atoms with van der Waals surface area (Å²) in [5.74, 6) is 0.912. The molecule has 2 nitrogen and oxygen atoms in total. The number of nitrogens with zero attached hydrogens (tertiary/aromatic N) is 1. The van der Waals surface area contributed by atoms with E-state index in [-0.39, 0.29) is 5.41 Å². The standard InChI is InChI=1S/C14H17NO/c1-14(2,3)10-16-13-5-4-11-6-7-15-9-12(11)8-13/h4-9H,10H2,1-3H3. The van der Waals surface area contributed by atoms with Crippen molar-refractivity contribution in [3.63, 3.8) is 0 Å². The van der Waals surface area contributed by atoms with Gasteiger partial charge in [-0.1, -0.05) is 26.8 Å². The van der Waals surface area contributed by atoms with Crippen LogP contribution < -0.4 is 4.74 Å². The largest absolute Gasteiger partial charge is 0.493 e. The summed E-state index contributed by atoms with van der Waals surface area (Å²) in [5.41, 5.74) is 0.184. The van der Waals surface area contributed by atoms with Gasteiger partial charge in [0.15, 0.2) is 0 Å². The molecule has 0 N–H and O–H groups in total. The third-order valence-electron chi connectivity index (χ3n) is 2.28. The van der Waals surface area contributed by atoms with Gasteiger partial charge in [0.1, 0.15) is 5.75 Å². The summed E-state index contributed by atoms with van der Waals surface area (Å²) in [5, 5.41) is 2.31. The SMILES string of the molecule is CC(C)(C)COc1ccc2ccncc2c1. The fraction of sp³-hybridized carbons (Fsp3) is 0.357. The van der Waals surface area contributed by atoms with E-state index in [1.807, 2.05) is 24.4 Å². The van der Waals surface area contributed by atoms with Gasteiger partial charge in [-0.2, -0.15) is 0 Å². The summed E-state index contributed by atoms with van der Waals surface area (Å²) >= 11 is 0. The van der Waals surface area contributed by atoms with Crippen molar-refractivity contribution >= 4 is 10.8 Å². The Bertz CT molecular complexity index is 485. The molecule has 0 bridgehead atoms. The Morgan fingerprint density at radius 2 is 1.94 bits per heavy atom. The molecule has 0 saturated heterocycles. The lowest BCUT2D eigenvalue weighted by molar-refractivity contribution is 0.198.